The molecule has 1 aromatic carbocycles. The Bertz CT molecular complexity index is 426. The Hall–Kier alpha value is -1.64. The van der Waals surface area contributed by atoms with Gasteiger partial charge in [0.1, 0.15) is 5.78 Å². The van der Waals surface area contributed by atoms with Crippen molar-refractivity contribution in [2.45, 2.75) is 26.2 Å². The van der Waals surface area contributed by atoms with Gasteiger partial charge in [-0.3, -0.25) is 9.59 Å². The fourth-order valence-electron chi connectivity index (χ4n) is 1.99. The van der Waals surface area contributed by atoms with Crippen molar-refractivity contribution in [3.8, 4) is 0 Å². The molecule has 0 radical (unpaired) electrons. The molecular formula is C13H15NO2. The van der Waals surface area contributed by atoms with Crippen molar-refractivity contribution in [2.75, 3.05) is 11.4 Å². The minimum absolute atomic E-state index is 0.00869. The zero-order valence-electron chi connectivity index (χ0n) is 9.40. The van der Waals surface area contributed by atoms with Crippen LogP contribution in [0.15, 0.2) is 24.3 Å². The predicted molar refractivity (Wildman–Crippen MR) is 62.4 cm³/mol. The highest BCUT2D eigenvalue weighted by Gasteiger charge is 2.24. The largest absolute Gasteiger partial charge is 0.311 e. The van der Waals surface area contributed by atoms with Gasteiger partial charge >= 0.3 is 0 Å². The smallest absolute Gasteiger partial charge is 0.234 e. The summed E-state index contributed by atoms with van der Waals surface area (Å²) in [7, 11) is 0. The van der Waals surface area contributed by atoms with Crippen molar-refractivity contribution in [1.82, 2.24) is 0 Å². The van der Waals surface area contributed by atoms with E-state index in [9.17, 15) is 9.59 Å². The monoisotopic (exact) mass is 217 g/mol. The zero-order chi connectivity index (χ0) is 11.5. The molecule has 2 rings (SSSR count). The molecule has 0 saturated carbocycles. The molecule has 16 heavy (non-hydrogen) atoms. The zero-order valence-corrected chi connectivity index (χ0v) is 9.40. The fourth-order valence-corrected chi connectivity index (χ4v) is 1.99. The van der Waals surface area contributed by atoms with Crippen LogP contribution in [0.25, 0.3) is 0 Å². The molecule has 1 amide bonds. The first-order chi connectivity index (χ1) is 7.72. The third kappa shape index (κ3) is 1.98. The van der Waals surface area contributed by atoms with Gasteiger partial charge in [-0.2, -0.15) is 0 Å². The molecule has 1 aliphatic heterocycles. The quantitative estimate of drug-likeness (QED) is 0.726. The number of amides is 1. The summed E-state index contributed by atoms with van der Waals surface area (Å²) in [6.45, 7) is 2.49. The van der Waals surface area contributed by atoms with Gasteiger partial charge in [0.05, 0.1) is 6.42 Å². The molecule has 0 N–H and O–H groups in total. The van der Waals surface area contributed by atoms with E-state index >= 15 is 0 Å². The average Bonchev–Trinajstić information content (AvgIpc) is 2.72. The normalized spacial score (nSPS) is 13.7. The second-order valence-corrected chi connectivity index (χ2v) is 3.99. The lowest BCUT2D eigenvalue weighted by atomic mass is 10.2. The van der Waals surface area contributed by atoms with Crippen LogP contribution in [0.5, 0.6) is 0 Å². The number of anilines is 1. The van der Waals surface area contributed by atoms with E-state index < -0.39 is 0 Å². The van der Waals surface area contributed by atoms with Crippen LogP contribution < -0.4 is 4.90 Å². The van der Waals surface area contributed by atoms with Crippen LogP contribution >= 0.6 is 0 Å². The van der Waals surface area contributed by atoms with Gasteiger partial charge in [-0.25, -0.2) is 0 Å². The standard InChI is InChI=1S/C13H15NO2/c1-2-11(15)9-13(16)14-8-7-10-5-3-4-6-12(10)14/h3-6H,2,7-9H2,1H3. The summed E-state index contributed by atoms with van der Waals surface area (Å²) in [6, 6.07) is 7.87. The molecule has 0 unspecified atom stereocenters. The number of carbonyl (C=O) groups excluding carboxylic acids is 2. The van der Waals surface area contributed by atoms with Crippen molar-refractivity contribution in [1.29, 1.82) is 0 Å². The summed E-state index contributed by atoms with van der Waals surface area (Å²) in [4.78, 5) is 24.9. The molecule has 1 aromatic rings. The average molecular weight is 217 g/mol. The first kappa shape index (κ1) is 10.9. The van der Waals surface area contributed by atoms with Crippen LogP contribution in [-0.2, 0) is 16.0 Å². The van der Waals surface area contributed by atoms with Crippen LogP contribution in [0, 0.1) is 0 Å². The molecule has 0 fully saturated rings. The molecule has 3 heteroatoms. The topological polar surface area (TPSA) is 37.4 Å². The van der Waals surface area contributed by atoms with Crippen LogP contribution in [-0.4, -0.2) is 18.2 Å². The van der Waals surface area contributed by atoms with E-state index in [1.54, 1.807) is 11.8 Å². The number of rotatable bonds is 3. The highest BCUT2D eigenvalue weighted by molar-refractivity contribution is 6.06. The second-order valence-electron chi connectivity index (χ2n) is 3.99. The number of para-hydroxylation sites is 1. The van der Waals surface area contributed by atoms with Crippen LogP contribution in [0.1, 0.15) is 25.3 Å². The number of carbonyl (C=O) groups is 2. The molecule has 0 aromatic heterocycles. The second kappa shape index (κ2) is 4.47. The maximum absolute atomic E-state index is 11.9. The number of nitrogens with zero attached hydrogens (tertiary/aromatic N) is 1. The van der Waals surface area contributed by atoms with Gasteiger partial charge in [-0.05, 0) is 18.1 Å². The van der Waals surface area contributed by atoms with Gasteiger partial charge in [0.15, 0.2) is 0 Å². The summed E-state index contributed by atoms with van der Waals surface area (Å²) in [5.74, 6) is -0.0637. The van der Waals surface area contributed by atoms with Crippen LogP contribution in [0.3, 0.4) is 0 Å². The number of hydrogen-bond donors (Lipinski definition) is 0. The van der Waals surface area contributed by atoms with Crippen molar-refractivity contribution in [3.63, 3.8) is 0 Å². The summed E-state index contributed by atoms with van der Waals surface area (Å²) in [6.07, 6.45) is 1.36. The SMILES string of the molecule is CCC(=O)CC(=O)N1CCc2ccccc21. The highest BCUT2D eigenvalue weighted by Crippen LogP contribution is 2.27. The Morgan fingerprint density at radius 2 is 2.06 bits per heavy atom. The van der Waals surface area contributed by atoms with Crippen molar-refractivity contribution in [3.05, 3.63) is 29.8 Å². The number of Topliss-reactive ketones (excluding diaryl/α,β-unsaturated/α-hetero) is 1. The number of ketones is 1. The van der Waals surface area contributed by atoms with Crippen LogP contribution in [0.4, 0.5) is 5.69 Å². The first-order valence-corrected chi connectivity index (χ1v) is 5.62. The Morgan fingerprint density at radius 1 is 1.31 bits per heavy atom. The maximum Gasteiger partial charge on any atom is 0.234 e. The summed E-state index contributed by atoms with van der Waals surface area (Å²) < 4.78 is 0. The van der Waals surface area contributed by atoms with E-state index in [0.29, 0.717) is 13.0 Å². The lowest BCUT2D eigenvalue weighted by Gasteiger charge is -2.16. The molecule has 84 valence electrons. The van der Waals surface area contributed by atoms with Crippen molar-refractivity contribution >= 4 is 17.4 Å². The van der Waals surface area contributed by atoms with E-state index in [1.807, 2.05) is 24.3 Å². The first-order valence-electron chi connectivity index (χ1n) is 5.62. The van der Waals surface area contributed by atoms with Crippen molar-refractivity contribution in [2.24, 2.45) is 0 Å². The van der Waals surface area contributed by atoms with E-state index in [-0.39, 0.29) is 18.1 Å². The maximum atomic E-state index is 11.9. The minimum atomic E-state index is -0.0724. The molecule has 0 saturated heterocycles. The summed E-state index contributed by atoms with van der Waals surface area (Å²) in [5.41, 5.74) is 2.16. The minimum Gasteiger partial charge on any atom is -0.311 e. The van der Waals surface area contributed by atoms with Crippen LogP contribution in [0.2, 0.25) is 0 Å². The molecule has 0 bridgehead atoms. The van der Waals surface area contributed by atoms with E-state index in [0.717, 1.165) is 12.1 Å². The highest BCUT2D eigenvalue weighted by atomic mass is 16.2. The number of benzene rings is 1. The molecule has 0 atom stereocenters. The van der Waals surface area contributed by atoms with Gasteiger partial charge in [0.25, 0.3) is 0 Å². The molecule has 1 heterocycles. The van der Waals surface area contributed by atoms with Gasteiger partial charge in [0, 0.05) is 18.7 Å². The van der Waals surface area contributed by atoms with Gasteiger partial charge in [-0.1, -0.05) is 25.1 Å². The summed E-state index contributed by atoms with van der Waals surface area (Å²) in [5, 5.41) is 0. The lowest BCUT2D eigenvalue weighted by Crippen LogP contribution is -2.30. The number of fused-ring (bicyclic) bond motifs is 1. The molecular weight excluding hydrogens is 202 g/mol. The molecule has 1 aliphatic rings. The van der Waals surface area contributed by atoms with E-state index in [2.05, 4.69) is 0 Å². The summed E-state index contributed by atoms with van der Waals surface area (Å²) >= 11 is 0. The molecule has 0 spiro atoms. The van der Waals surface area contributed by atoms with Gasteiger partial charge in [0.2, 0.25) is 5.91 Å². The van der Waals surface area contributed by atoms with Crippen molar-refractivity contribution < 1.29 is 9.59 Å². The Kier molecular flexibility index (Phi) is 3.04. The lowest BCUT2D eigenvalue weighted by molar-refractivity contribution is -0.126. The molecule has 3 nitrogen and oxygen atoms in total. The fraction of sp³-hybridized carbons (Fsp3) is 0.385. The third-order valence-electron chi connectivity index (χ3n) is 2.93. The Balaban J connectivity index is 2.13. The van der Waals surface area contributed by atoms with E-state index in [1.165, 1.54) is 5.56 Å². The van der Waals surface area contributed by atoms with Gasteiger partial charge < -0.3 is 4.90 Å². The van der Waals surface area contributed by atoms with E-state index in [4.69, 9.17) is 0 Å². The predicted octanol–water partition coefficient (Wildman–Crippen LogP) is 1.94. The third-order valence-corrected chi connectivity index (χ3v) is 2.93. The Morgan fingerprint density at radius 3 is 2.81 bits per heavy atom. The van der Waals surface area contributed by atoms with Gasteiger partial charge in [-0.15, -0.1) is 0 Å². The number of hydrogen-bond acceptors (Lipinski definition) is 2. The Labute approximate surface area is 95.1 Å². The molecule has 0 aliphatic carbocycles.